The van der Waals surface area contributed by atoms with E-state index >= 15 is 0 Å². The van der Waals surface area contributed by atoms with Gasteiger partial charge in [0.1, 0.15) is 0 Å². The molecule has 1 aliphatic heterocycles. The van der Waals surface area contributed by atoms with Gasteiger partial charge in [-0.3, -0.25) is 4.79 Å². The maximum absolute atomic E-state index is 11.3. The van der Waals surface area contributed by atoms with Gasteiger partial charge in [0, 0.05) is 10.4 Å². The van der Waals surface area contributed by atoms with Gasteiger partial charge in [-0.2, -0.15) is 0 Å². The molecular formula is C14H17ClO3. The van der Waals surface area contributed by atoms with Crippen molar-refractivity contribution >= 4 is 17.6 Å². The van der Waals surface area contributed by atoms with Crippen molar-refractivity contribution in [3.8, 4) is 0 Å². The van der Waals surface area contributed by atoms with E-state index in [0.717, 1.165) is 5.56 Å². The lowest BCUT2D eigenvalue weighted by atomic mass is 9.68. The Morgan fingerprint density at radius 3 is 2.33 bits per heavy atom. The number of carbonyl (C=O) groups is 1. The summed E-state index contributed by atoms with van der Waals surface area (Å²) in [5, 5.41) is 9.94. The van der Waals surface area contributed by atoms with Crippen molar-refractivity contribution in [1.29, 1.82) is 0 Å². The molecule has 2 rings (SSSR count). The summed E-state index contributed by atoms with van der Waals surface area (Å²) in [6.07, 6.45) is 0.566. The summed E-state index contributed by atoms with van der Waals surface area (Å²) >= 11 is 5.88. The van der Waals surface area contributed by atoms with Crippen molar-refractivity contribution in [2.45, 2.75) is 25.7 Å². The molecular weight excluding hydrogens is 252 g/mol. The summed E-state index contributed by atoms with van der Waals surface area (Å²) in [4.78, 5) is 11.3. The van der Waals surface area contributed by atoms with Crippen LogP contribution in [0.4, 0.5) is 0 Å². The van der Waals surface area contributed by atoms with Gasteiger partial charge in [-0.25, -0.2) is 0 Å². The number of carboxylic acid groups (broad SMARTS) is 1. The van der Waals surface area contributed by atoms with Crippen molar-refractivity contribution in [2.75, 3.05) is 13.2 Å². The van der Waals surface area contributed by atoms with Gasteiger partial charge in [-0.05, 0) is 38.0 Å². The topological polar surface area (TPSA) is 46.5 Å². The standard InChI is InChI=1S/C14H17ClO3/c1-13(2,12(16)17)7-14(8-18-9-14)10-3-5-11(15)6-4-10/h3-6H,7-9H2,1-2H3,(H,16,17). The van der Waals surface area contributed by atoms with E-state index < -0.39 is 11.4 Å². The van der Waals surface area contributed by atoms with E-state index in [1.165, 1.54) is 0 Å². The van der Waals surface area contributed by atoms with Crippen LogP contribution in [-0.4, -0.2) is 24.3 Å². The number of ether oxygens (including phenoxy) is 1. The first kappa shape index (κ1) is 13.4. The Morgan fingerprint density at radius 1 is 1.39 bits per heavy atom. The normalized spacial score (nSPS) is 18.2. The number of halogens is 1. The summed E-state index contributed by atoms with van der Waals surface area (Å²) < 4.78 is 5.32. The Labute approximate surface area is 112 Å². The van der Waals surface area contributed by atoms with E-state index in [1.54, 1.807) is 13.8 Å². The molecule has 18 heavy (non-hydrogen) atoms. The highest BCUT2D eigenvalue weighted by atomic mass is 35.5. The highest BCUT2D eigenvalue weighted by Gasteiger charge is 2.46. The van der Waals surface area contributed by atoms with Crippen molar-refractivity contribution in [1.82, 2.24) is 0 Å². The minimum atomic E-state index is -0.775. The number of hydrogen-bond acceptors (Lipinski definition) is 2. The van der Waals surface area contributed by atoms with Crippen molar-refractivity contribution in [3.05, 3.63) is 34.9 Å². The van der Waals surface area contributed by atoms with Crippen LogP contribution in [0.2, 0.25) is 5.02 Å². The Morgan fingerprint density at radius 2 is 1.94 bits per heavy atom. The van der Waals surface area contributed by atoms with Crippen LogP contribution in [0.3, 0.4) is 0 Å². The lowest BCUT2D eigenvalue weighted by Crippen LogP contribution is -2.50. The second kappa shape index (κ2) is 4.56. The van der Waals surface area contributed by atoms with Gasteiger partial charge in [0.05, 0.1) is 18.6 Å². The smallest absolute Gasteiger partial charge is 0.309 e. The molecule has 0 amide bonds. The molecule has 1 N–H and O–H groups in total. The maximum Gasteiger partial charge on any atom is 0.309 e. The summed E-state index contributed by atoms with van der Waals surface area (Å²) in [5.41, 5.74) is 0.156. The van der Waals surface area contributed by atoms with Crippen LogP contribution in [0.25, 0.3) is 0 Å². The third-order valence-corrected chi connectivity index (χ3v) is 3.82. The first-order valence-electron chi connectivity index (χ1n) is 5.93. The molecule has 0 aliphatic carbocycles. The fourth-order valence-corrected chi connectivity index (χ4v) is 2.57. The Balaban J connectivity index is 2.26. The van der Waals surface area contributed by atoms with E-state index in [1.807, 2.05) is 24.3 Å². The molecule has 1 heterocycles. The zero-order chi connectivity index (χ0) is 13.4. The Hall–Kier alpha value is -1.06. The molecule has 1 aromatic carbocycles. The molecule has 0 spiro atoms. The molecule has 98 valence electrons. The molecule has 1 aromatic rings. The summed E-state index contributed by atoms with van der Waals surface area (Å²) in [6, 6.07) is 7.60. The number of aliphatic carboxylic acids is 1. The molecule has 0 radical (unpaired) electrons. The molecule has 1 aliphatic rings. The lowest BCUT2D eigenvalue weighted by molar-refractivity contribution is -0.152. The predicted octanol–water partition coefficient (Wildman–Crippen LogP) is 3.11. The molecule has 1 fully saturated rings. The zero-order valence-corrected chi connectivity index (χ0v) is 11.3. The van der Waals surface area contributed by atoms with Gasteiger partial charge in [-0.15, -0.1) is 0 Å². The summed E-state index contributed by atoms with van der Waals surface area (Å²) in [7, 11) is 0. The molecule has 0 unspecified atom stereocenters. The fourth-order valence-electron chi connectivity index (χ4n) is 2.44. The quantitative estimate of drug-likeness (QED) is 0.913. The number of rotatable bonds is 4. The molecule has 0 saturated carbocycles. The van der Waals surface area contributed by atoms with E-state index in [2.05, 4.69) is 0 Å². The second-order valence-electron chi connectivity index (χ2n) is 5.65. The minimum Gasteiger partial charge on any atom is -0.481 e. The van der Waals surface area contributed by atoms with Gasteiger partial charge in [0.15, 0.2) is 0 Å². The van der Waals surface area contributed by atoms with Crippen molar-refractivity contribution < 1.29 is 14.6 Å². The Bertz CT molecular complexity index is 447. The number of benzene rings is 1. The van der Waals surface area contributed by atoms with Gasteiger partial charge in [0.25, 0.3) is 0 Å². The molecule has 0 bridgehead atoms. The maximum atomic E-state index is 11.3. The monoisotopic (exact) mass is 268 g/mol. The van der Waals surface area contributed by atoms with Crippen LogP contribution < -0.4 is 0 Å². The first-order valence-corrected chi connectivity index (χ1v) is 6.31. The highest BCUT2D eigenvalue weighted by Crippen LogP contribution is 2.42. The van der Waals surface area contributed by atoms with E-state index in [9.17, 15) is 9.90 Å². The highest BCUT2D eigenvalue weighted by molar-refractivity contribution is 6.30. The number of carboxylic acids is 1. The second-order valence-corrected chi connectivity index (χ2v) is 6.08. The first-order chi connectivity index (χ1) is 8.36. The molecule has 3 nitrogen and oxygen atoms in total. The third kappa shape index (κ3) is 2.38. The zero-order valence-electron chi connectivity index (χ0n) is 10.6. The molecule has 4 heteroatoms. The van der Waals surface area contributed by atoms with Crippen molar-refractivity contribution in [2.24, 2.45) is 5.41 Å². The summed E-state index contributed by atoms with van der Waals surface area (Å²) in [5.74, 6) is -0.775. The van der Waals surface area contributed by atoms with Gasteiger partial charge in [-0.1, -0.05) is 23.7 Å². The molecule has 0 aromatic heterocycles. The van der Waals surface area contributed by atoms with Crippen LogP contribution in [0.15, 0.2) is 24.3 Å². The minimum absolute atomic E-state index is 0.188. The van der Waals surface area contributed by atoms with Crippen molar-refractivity contribution in [3.63, 3.8) is 0 Å². The van der Waals surface area contributed by atoms with Crippen LogP contribution in [0.5, 0.6) is 0 Å². The van der Waals surface area contributed by atoms with Crippen LogP contribution >= 0.6 is 11.6 Å². The average Bonchev–Trinajstić information content (AvgIpc) is 2.25. The number of hydrogen-bond donors (Lipinski definition) is 1. The van der Waals surface area contributed by atoms with E-state index in [4.69, 9.17) is 16.3 Å². The Kier molecular flexibility index (Phi) is 3.39. The third-order valence-electron chi connectivity index (χ3n) is 3.57. The predicted molar refractivity (Wildman–Crippen MR) is 70.0 cm³/mol. The SMILES string of the molecule is CC(C)(CC1(c2ccc(Cl)cc2)COC1)C(=O)O. The van der Waals surface area contributed by atoms with E-state index in [-0.39, 0.29) is 5.41 Å². The van der Waals surface area contributed by atoms with Crippen LogP contribution in [0, 0.1) is 5.41 Å². The van der Waals surface area contributed by atoms with Crippen LogP contribution in [-0.2, 0) is 14.9 Å². The average molecular weight is 269 g/mol. The van der Waals surface area contributed by atoms with Gasteiger partial charge >= 0.3 is 5.97 Å². The fraction of sp³-hybridized carbons (Fsp3) is 0.500. The van der Waals surface area contributed by atoms with E-state index in [0.29, 0.717) is 24.7 Å². The van der Waals surface area contributed by atoms with Gasteiger partial charge < -0.3 is 9.84 Å². The summed E-state index contributed by atoms with van der Waals surface area (Å²) in [6.45, 7) is 4.66. The molecule has 0 atom stereocenters. The van der Waals surface area contributed by atoms with Gasteiger partial charge in [0.2, 0.25) is 0 Å². The molecule has 1 saturated heterocycles. The lowest BCUT2D eigenvalue weighted by Gasteiger charge is -2.45. The van der Waals surface area contributed by atoms with Crippen LogP contribution in [0.1, 0.15) is 25.8 Å². The largest absolute Gasteiger partial charge is 0.481 e.